The largest absolute Gasteiger partial charge is 0.460 e. The maximum Gasteiger partial charge on any atom is 0.309 e. The van der Waals surface area contributed by atoms with Crippen LogP contribution in [-0.4, -0.2) is 32.6 Å². The van der Waals surface area contributed by atoms with Crippen LogP contribution in [0, 0.1) is 5.92 Å². The molecule has 2 rings (SSSR count). The highest BCUT2D eigenvalue weighted by molar-refractivity contribution is 5.73. The van der Waals surface area contributed by atoms with Crippen LogP contribution in [0.5, 0.6) is 0 Å². The summed E-state index contributed by atoms with van der Waals surface area (Å²) in [6, 6.07) is 0.194. The standard InChI is InChI=1S/C14H24N6O2/c1-14(2,3)22-10(21)8-4-6-9(7-5-8)17-13-19-11(15)18-12(16)20-13/h8-9H,4-7H2,1-3H3,(H5,15,16,17,18,19,20). The molecule has 122 valence electrons. The highest BCUT2D eigenvalue weighted by Crippen LogP contribution is 2.28. The molecular formula is C14H24N6O2. The Bertz CT molecular complexity index is 514. The molecule has 1 aromatic heterocycles. The maximum absolute atomic E-state index is 12.1. The lowest BCUT2D eigenvalue weighted by Crippen LogP contribution is -2.34. The zero-order valence-corrected chi connectivity index (χ0v) is 13.3. The number of aromatic nitrogens is 3. The number of hydrogen-bond acceptors (Lipinski definition) is 8. The molecule has 5 N–H and O–H groups in total. The number of rotatable bonds is 3. The second-order valence-corrected chi connectivity index (χ2v) is 6.60. The van der Waals surface area contributed by atoms with Crippen molar-refractivity contribution in [2.45, 2.75) is 58.1 Å². The first kappa shape index (κ1) is 16.3. The van der Waals surface area contributed by atoms with Crippen LogP contribution in [-0.2, 0) is 9.53 Å². The number of carbonyl (C=O) groups is 1. The smallest absolute Gasteiger partial charge is 0.309 e. The van der Waals surface area contributed by atoms with Gasteiger partial charge >= 0.3 is 5.97 Å². The van der Waals surface area contributed by atoms with E-state index in [1.165, 1.54) is 0 Å². The topological polar surface area (TPSA) is 129 Å². The van der Waals surface area contributed by atoms with Crippen LogP contribution in [0.2, 0.25) is 0 Å². The third-order valence-electron chi connectivity index (χ3n) is 3.47. The molecule has 1 fully saturated rings. The van der Waals surface area contributed by atoms with Crippen molar-refractivity contribution in [3.8, 4) is 0 Å². The predicted molar refractivity (Wildman–Crippen MR) is 83.9 cm³/mol. The van der Waals surface area contributed by atoms with Crippen molar-refractivity contribution in [3.63, 3.8) is 0 Å². The Kier molecular flexibility index (Phi) is 4.68. The summed E-state index contributed by atoms with van der Waals surface area (Å²) < 4.78 is 5.44. The third kappa shape index (κ3) is 4.71. The monoisotopic (exact) mass is 308 g/mol. The first-order valence-corrected chi connectivity index (χ1v) is 7.49. The van der Waals surface area contributed by atoms with Crippen LogP contribution in [0.4, 0.5) is 17.8 Å². The number of ether oxygens (including phenoxy) is 1. The summed E-state index contributed by atoms with van der Waals surface area (Å²) in [7, 11) is 0. The number of anilines is 3. The van der Waals surface area contributed by atoms with E-state index in [-0.39, 0.29) is 29.8 Å². The van der Waals surface area contributed by atoms with E-state index < -0.39 is 5.60 Å². The second kappa shape index (κ2) is 6.33. The SMILES string of the molecule is CC(C)(C)OC(=O)C1CCC(Nc2nc(N)nc(N)n2)CC1. The zero-order chi connectivity index (χ0) is 16.3. The van der Waals surface area contributed by atoms with Crippen molar-refractivity contribution in [1.29, 1.82) is 0 Å². The van der Waals surface area contributed by atoms with Gasteiger partial charge in [-0.2, -0.15) is 15.0 Å². The minimum absolute atomic E-state index is 0.0363. The van der Waals surface area contributed by atoms with E-state index >= 15 is 0 Å². The number of esters is 1. The number of nitrogens with zero attached hydrogens (tertiary/aromatic N) is 3. The van der Waals surface area contributed by atoms with E-state index in [0.29, 0.717) is 5.95 Å². The summed E-state index contributed by atoms with van der Waals surface area (Å²) >= 11 is 0. The van der Waals surface area contributed by atoms with Gasteiger partial charge in [0.15, 0.2) is 0 Å². The Morgan fingerprint density at radius 2 is 1.64 bits per heavy atom. The van der Waals surface area contributed by atoms with Gasteiger partial charge in [-0.3, -0.25) is 4.79 Å². The van der Waals surface area contributed by atoms with Gasteiger partial charge in [-0.05, 0) is 46.5 Å². The Morgan fingerprint density at radius 1 is 1.09 bits per heavy atom. The number of nitrogens with one attached hydrogen (secondary N) is 1. The van der Waals surface area contributed by atoms with Crippen molar-refractivity contribution in [3.05, 3.63) is 0 Å². The molecule has 0 amide bonds. The van der Waals surface area contributed by atoms with Gasteiger partial charge in [-0.15, -0.1) is 0 Å². The van der Waals surface area contributed by atoms with Crippen LogP contribution in [0.15, 0.2) is 0 Å². The first-order chi connectivity index (χ1) is 10.2. The highest BCUT2D eigenvalue weighted by Gasteiger charge is 2.30. The molecule has 0 atom stereocenters. The molecule has 1 aromatic rings. The molecule has 0 radical (unpaired) electrons. The molecule has 0 aromatic carbocycles. The highest BCUT2D eigenvalue weighted by atomic mass is 16.6. The summed E-state index contributed by atoms with van der Waals surface area (Å²) in [6.45, 7) is 5.65. The van der Waals surface area contributed by atoms with E-state index in [4.69, 9.17) is 16.2 Å². The molecule has 1 aliphatic carbocycles. The van der Waals surface area contributed by atoms with E-state index in [1.54, 1.807) is 0 Å². The third-order valence-corrected chi connectivity index (χ3v) is 3.47. The van der Waals surface area contributed by atoms with Crippen molar-refractivity contribution in [1.82, 2.24) is 15.0 Å². The molecule has 0 unspecified atom stereocenters. The van der Waals surface area contributed by atoms with Gasteiger partial charge < -0.3 is 21.5 Å². The average Bonchev–Trinajstić information content (AvgIpc) is 2.36. The lowest BCUT2D eigenvalue weighted by atomic mass is 9.86. The zero-order valence-electron chi connectivity index (χ0n) is 13.3. The predicted octanol–water partition coefficient (Wildman–Crippen LogP) is 1.35. The molecule has 0 saturated heterocycles. The number of nitrogens with two attached hydrogens (primary N) is 2. The molecule has 0 bridgehead atoms. The second-order valence-electron chi connectivity index (χ2n) is 6.60. The molecule has 1 saturated carbocycles. The van der Waals surface area contributed by atoms with E-state index in [9.17, 15) is 4.79 Å². The normalized spacial score (nSPS) is 22.1. The maximum atomic E-state index is 12.1. The van der Waals surface area contributed by atoms with Gasteiger partial charge in [0.1, 0.15) is 5.60 Å². The molecule has 8 heteroatoms. The quantitative estimate of drug-likeness (QED) is 0.713. The fourth-order valence-electron chi connectivity index (χ4n) is 2.52. The van der Waals surface area contributed by atoms with Gasteiger partial charge in [0.25, 0.3) is 0 Å². The molecular weight excluding hydrogens is 284 g/mol. The van der Waals surface area contributed by atoms with Crippen LogP contribution in [0.25, 0.3) is 0 Å². The lowest BCUT2D eigenvalue weighted by molar-refractivity contribution is -0.161. The van der Waals surface area contributed by atoms with Gasteiger partial charge in [0.05, 0.1) is 5.92 Å². The van der Waals surface area contributed by atoms with Crippen LogP contribution < -0.4 is 16.8 Å². The minimum Gasteiger partial charge on any atom is -0.460 e. The van der Waals surface area contributed by atoms with Crippen LogP contribution >= 0.6 is 0 Å². The van der Waals surface area contributed by atoms with E-state index in [0.717, 1.165) is 25.7 Å². The van der Waals surface area contributed by atoms with Gasteiger partial charge in [-0.25, -0.2) is 0 Å². The van der Waals surface area contributed by atoms with Crippen LogP contribution in [0.3, 0.4) is 0 Å². The molecule has 1 heterocycles. The first-order valence-electron chi connectivity index (χ1n) is 7.49. The molecule has 1 aliphatic rings. The fraction of sp³-hybridized carbons (Fsp3) is 0.714. The molecule has 8 nitrogen and oxygen atoms in total. The summed E-state index contributed by atoms with van der Waals surface area (Å²) in [5, 5.41) is 3.20. The van der Waals surface area contributed by atoms with Crippen molar-refractivity contribution < 1.29 is 9.53 Å². The number of hydrogen-bond donors (Lipinski definition) is 3. The van der Waals surface area contributed by atoms with Gasteiger partial charge in [0, 0.05) is 6.04 Å². The van der Waals surface area contributed by atoms with Crippen molar-refractivity contribution in [2.24, 2.45) is 5.92 Å². The summed E-state index contributed by atoms with van der Waals surface area (Å²) in [5.74, 6) is 0.422. The number of nitrogen functional groups attached to an aromatic ring is 2. The Morgan fingerprint density at radius 3 is 2.14 bits per heavy atom. The molecule has 22 heavy (non-hydrogen) atoms. The van der Waals surface area contributed by atoms with E-state index in [1.807, 2.05) is 20.8 Å². The summed E-state index contributed by atoms with van der Waals surface area (Å²) in [4.78, 5) is 23.8. The summed E-state index contributed by atoms with van der Waals surface area (Å²) in [6.07, 6.45) is 3.25. The van der Waals surface area contributed by atoms with Crippen molar-refractivity contribution in [2.75, 3.05) is 16.8 Å². The fourth-order valence-corrected chi connectivity index (χ4v) is 2.52. The van der Waals surface area contributed by atoms with Crippen LogP contribution in [0.1, 0.15) is 46.5 Å². The van der Waals surface area contributed by atoms with Crippen molar-refractivity contribution >= 4 is 23.8 Å². The Balaban J connectivity index is 1.86. The Hall–Kier alpha value is -2.12. The van der Waals surface area contributed by atoms with Gasteiger partial charge in [-0.1, -0.05) is 0 Å². The molecule has 0 aliphatic heterocycles. The number of carbonyl (C=O) groups excluding carboxylic acids is 1. The Labute approximate surface area is 130 Å². The average molecular weight is 308 g/mol. The molecule has 0 spiro atoms. The van der Waals surface area contributed by atoms with E-state index in [2.05, 4.69) is 20.3 Å². The lowest BCUT2D eigenvalue weighted by Gasteiger charge is -2.30. The minimum atomic E-state index is -0.438. The van der Waals surface area contributed by atoms with Gasteiger partial charge in [0.2, 0.25) is 17.8 Å². The summed E-state index contributed by atoms with van der Waals surface area (Å²) in [5.41, 5.74) is 10.6.